The molecule has 0 spiro atoms. The minimum atomic E-state index is -0.217. The minimum Gasteiger partial charge on any atom is -0.369 e. The summed E-state index contributed by atoms with van der Waals surface area (Å²) >= 11 is 3.40. The van der Waals surface area contributed by atoms with Gasteiger partial charge in [-0.1, -0.05) is 0 Å². The average molecular weight is 300 g/mol. The van der Waals surface area contributed by atoms with E-state index in [1.54, 1.807) is 6.20 Å². The molecule has 1 aromatic heterocycles. The van der Waals surface area contributed by atoms with Crippen LogP contribution in [0.15, 0.2) is 10.7 Å². The Balaban J connectivity index is 2.10. The van der Waals surface area contributed by atoms with E-state index in [-0.39, 0.29) is 17.8 Å². The van der Waals surface area contributed by atoms with Crippen LogP contribution in [-0.4, -0.2) is 29.0 Å². The zero-order valence-electron chi connectivity index (χ0n) is 9.27. The van der Waals surface area contributed by atoms with E-state index in [0.29, 0.717) is 0 Å². The summed E-state index contributed by atoms with van der Waals surface area (Å²) in [6.07, 6.45) is 3.15. The molecule has 0 unspecified atom stereocenters. The molecular weight excluding hydrogens is 286 g/mol. The van der Waals surface area contributed by atoms with Crippen LogP contribution in [0.5, 0.6) is 0 Å². The number of carbonyl (C=O) groups is 1. The lowest BCUT2D eigenvalue weighted by molar-refractivity contribution is -0.122. The highest BCUT2D eigenvalue weighted by atomic mass is 79.9. The molecule has 1 amide bonds. The number of hydrogen-bond donors (Lipinski definition) is 2. The van der Waals surface area contributed by atoms with Gasteiger partial charge in [-0.05, 0) is 28.8 Å². The second-order valence-electron chi connectivity index (χ2n) is 4.06. The van der Waals surface area contributed by atoms with Crippen molar-refractivity contribution in [1.82, 2.24) is 9.97 Å². The van der Waals surface area contributed by atoms with E-state index in [2.05, 4.69) is 30.8 Å². The third-order valence-electron chi connectivity index (χ3n) is 2.94. The maximum absolute atomic E-state index is 11.1. The summed E-state index contributed by atoms with van der Waals surface area (Å²) in [5.41, 5.74) is 10.9. The van der Waals surface area contributed by atoms with Gasteiger partial charge in [0.05, 0.1) is 4.47 Å². The molecule has 7 heteroatoms. The predicted molar refractivity (Wildman–Crippen MR) is 68.3 cm³/mol. The molecule has 0 aliphatic carbocycles. The van der Waals surface area contributed by atoms with Crippen molar-refractivity contribution in [3.8, 4) is 0 Å². The van der Waals surface area contributed by atoms with Gasteiger partial charge in [0, 0.05) is 25.2 Å². The molecule has 1 aromatic rings. The third-order valence-corrected chi connectivity index (χ3v) is 3.50. The highest BCUT2D eigenvalue weighted by molar-refractivity contribution is 9.10. The fourth-order valence-electron chi connectivity index (χ4n) is 1.97. The highest BCUT2D eigenvalue weighted by Gasteiger charge is 2.24. The number of nitrogen functional groups attached to an aromatic ring is 1. The van der Waals surface area contributed by atoms with Gasteiger partial charge >= 0.3 is 0 Å². The van der Waals surface area contributed by atoms with Crippen LogP contribution in [0.4, 0.5) is 11.8 Å². The number of halogens is 1. The Hall–Kier alpha value is -1.37. The molecule has 0 saturated carbocycles. The van der Waals surface area contributed by atoms with Crippen molar-refractivity contribution in [2.45, 2.75) is 12.8 Å². The summed E-state index contributed by atoms with van der Waals surface area (Å²) in [5.74, 6) is 0.788. The van der Waals surface area contributed by atoms with Crippen LogP contribution in [0, 0.1) is 5.92 Å². The number of amides is 1. The Morgan fingerprint density at radius 3 is 2.71 bits per heavy atom. The van der Waals surface area contributed by atoms with Crippen LogP contribution < -0.4 is 16.4 Å². The molecule has 0 radical (unpaired) electrons. The predicted octanol–water partition coefficient (Wildman–Crippen LogP) is 0.523. The molecule has 2 rings (SSSR count). The monoisotopic (exact) mass is 299 g/mol. The normalized spacial score (nSPS) is 17.1. The summed E-state index contributed by atoms with van der Waals surface area (Å²) in [6.45, 7) is 1.51. The van der Waals surface area contributed by atoms with Gasteiger partial charge in [0.25, 0.3) is 0 Å². The third kappa shape index (κ3) is 2.66. The van der Waals surface area contributed by atoms with Crippen LogP contribution in [-0.2, 0) is 4.79 Å². The Morgan fingerprint density at radius 1 is 1.47 bits per heavy atom. The number of piperidine rings is 1. The van der Waals surface area contributed by atoms with Gasteiger partial charge in [0.15, 0.2) is 0 Å². The van der Waals surface area contributed by atoms with Crippen LogP contribution >= 0.6 is 15.9 Å². The van der Waals surface area contributed by atoms with Gasteiger partial charge in [-0.15, -0.1) is 0 Å². The van der Waals surface area contributed by atoms with E-state index in [4.69, 9.17) is 11.5 Å². The van der Waals surface area contributed by atoms with E-state index in [1.165, 1.54) is 0 Å². The van der Waals surface area contributed by atoms with Crippen molar-refractivity contribution in [2.75, 3.05) is 23.7 Å². The van der Waals surface area contributed by atoms with Crippen molar-refractivity contribution >= 4 is 33.6 Å². The zero-order chi connectivity index (χ0) is 12.4. The number of carbonyl (C=O) groups excluding carboxylic acids is 1. The number of nitrogens with two attached hydrogens (primary N) is 2. The summed E-state index contributed by atoms with van der Waals surface area (Å²) in [7, 11) is 0. The lowest BCUT2D eigenvalue weighted by Gasteiger charge is -2.31. The first-order valence-corrected chi connectivity index (χ1v) is 6.19. The molecule has 1 saturated heterocycles. The molecule has 6 nitrogen and oxygen atoms in total. The van der Waals surface area contributed by atoms with Gasteiger partial charge in [-0.2, -0.15) is 4.98 Å². The summed E-state index contributed by atoms with van der Waals surface area (Å²) < 4.78 is 0.809. The lowest BCUT2D eigenvalue weighted by atomic mass is 9.96. The van der Waals surface area contributed by atoms with Crippen molar-refractivity contribution in [2.24, 2.45) is 11.7 Å². The molecule has 0 atom stereocenters. The average Bonchev–Trinajstić information content (AvgIpc) is 2.32. The second-order valence-corrected chi connectivity index (χ2v) is 4.92. The largest absolute Gasteiger partial charge is 0.369 e. The maximum atomic E-state index is 11.1. The number of rotatable bonds is 2. The summed E-state index contributed by atoms with van der Waals surface area (Å²) in [5, 5.41) is 0. The molecular formula is C10H14BrN5O. The smallest absolute Gasteiger partial charge is 0.222 e. The number of anilines is 2. The molecule has 1 aliphatic rings. The van der Waals surface area contributed by atoms with Gasteiger partial charge < -0.3 is 16.4 Å². The van der Waals surface area contributed by atoms with Crippen molar-refractivity contribution in [3.63, 3.8) is 0 Å². The van der Waals surface area contributed by atoms with Gasteiger partial charge in [0.2, 0.25) is 11.9 Å². The quantitative estimate of drug-likeness (QED) is 0.830. The van der Waals surface area contributed by atoms with E-state index < -0.39 is 0 Å². The van der Waals surface area contributed by atoms with Crippen molar-refractivity contribution < 1.29 is 4.79 Å². The molecule has 0 aromatic carbocycles. The van der Waals surface area contributed by atoms with E-state index in [9.17, 15) is 4.79 Å². The number of nitrogens with zero attached hydrogens (tertiary/aromatic N) is 3. The second kappa shape index (κ2) is 4.87. The fourth-order valence-corrected chi connectivity index (χ4v) is 2.41. The molecule has 1 fully saturated rings. The first-order chi connectivity index (χ1) is 8.08. The zero-order valence-corrected chi connectivity index (χ0v) is 10.9. The maximum Gasteiger partial charge on any atom is 0.222 e. The van der Waals surface area contributed by atoms with Crippen LogP contribution in [0.2, 0.25) is 0 Å². The standard InChI is InChI=1S/C10H14BrN5O/c11-7-5-14-10(13)15-9(7)16-3-1-6(2-4-16)8(12)17/h5-6H,1-4H2,(H2,12,17)(H2,13,14,15). The molecule has 2 heterocycles. The minimum absolute atomic E-state index is 0.0239. The van der Waals surface area contributed by atoms with E-state index >= 15 is 0 Å². The number of hydrogen-bond acceptors (Lipinski definition) is 5. The van der Waals surface area contributed by atoms with Crippen LogP contribution in [0.25, 0.3) is 0 Å². The Labute approximate surface area is 108 Å². The molecule has 1 aliphatic heterocycles. The van der Waals surface area contributed by atoms with Gasteiger partial charge in [-0.25, -0.2) is 4.98 Å². The molecule has 0 bridgehead atoms. The van der Waals surface area contributed by atoms with Crippen molar-refractivity contribution in [1.29, 1.82) is 0 Å². The first kappa shape index (κ1) is 12.1. The Morgan fingerprint density at radius 2 is 2.12 bits per heavy atom. The summed E-state index contributed by atoms with van der Waals surface area (Å²) in [4.78, 5) is 21.2. The molecule has 4 N–H and O–H groups in total. The van der Waals surface area contributed by atoms with Crippen LogP contribution in [0.3, 0.4) is 0 Å². The molecule has 17 heavy (non-hydrogen) atoms. The van der Waals surface area contributed by atoms with Gasteiger partial charge in [0.1, 0.15) is 5.82 Å². The van der Waals surface area contributed by atoms with Crippen LogP contribution in [0.1, 0.15) is 12.8 Å². The van der Waals surface area contributed by atoms with E-state index in [0.717, 1.165) is 36.2 Å². The fraction of sp³-hybridized carbons (Fsp3) is 0.500. The number of aromatic nitrogens is 2. The van der Waals surface area contributed by atoms with Crippen molar-refractivity contribution in [3.05, 3.63) is 10.7 Å². The van der Waals surface area contributed by atoms with E-state index in [1.807, 2.05) is 0 Å². The lowest BCUT2D eigenvalue weighted by Crippen LogP contribution is -2.39. The summed E-state index contributed by atoms with van der Waals surface area (Å²) in [6, 6.07) is 0. The Bertz CT molecular complexity index is 431. The Kier molecular flexibility index (Phi) is 3.46. The first-order valence-electron chi connectivity index (χ1n) is 5.40. The number of primary amides is 1. The molecule has 92 valence electrons. The van der Waals surface area contributed by atoms with Gasteiger partial charge in [-0.3, -0.25) is 4.79 Å². The topological polar surface area (TPSA) is 98.1 Å². The highest BCUT2D eigenvalue weighted by Crippen LogP contribution is 2.27. The SMILES string of the molecule is NC(=O)C1CCN(c2nc(N)ncc2Br)CC1.